The van der Waals surface area contributed by atoms with Gasteiger partial charge in [0.05, 0.1) is 7.11 Å². The van der Waals surface area contributed by atoms with Crippen molar-refractivity contribution in [3.8, 4) is 5.75 Å². The highest BCUT2D eigenvalue weighted by Crippen LogP contribution is 2.26. The maximum atomic E-state index is 12.9. The second-order valence-electron chi connectivity index (χ2n) is 8.45. The predicted molar refractivity (Wildman–Crippen MR) is 127 cm³/mol. The minimum atomic E-state index is -3.94. The summed E-state index contributed by atoms with van der Waals surface area (Å²) in [7, 11) is -2.58. The van der Waals surface area contributed by atoms with Crippen LogP contribution in [0.3, 0.4) is 0 Å². The van der Waals surface area contributed by atoms with Crippen LogP contribution in [0.4, 0.5) is 5.69 Å². The van der Waals surface area contributed by atoms with Crippen LogP contribution in [0.2, 0.25) is 0 Å². The van der Waals surface area contributed by atoms with Gasteiger partial charge in [-0.2, -0.15) is 0 Å². The molecule has 1 amide bonds. The SMILES string of the molecule is COc1ccc(C(=O)Nc2cccc(C(=O)c3ccccc3)c2)cc1S(=O)(=O)NC(C)(C)C. The minimum absolute atomic E-state index is 0.124. The van der Waals surface area contributed by atoms with Crippen molar-refractivity contribution in [1.29, 1.82) is 0 Å². The highest BCUT2D eigenvalue weighted by Gasteiger charge is 2.26. The van der Waals surface area contributed by atoms with Crippen LogP contribution in [0.5, 0.6) is 5.75 Å². The molecule has 0 aromatic heterocycles. The average Bonchev–Trinajstić information content (AvgIpc) is 2.77. The monoisotopic (exact) mass is 466 g/mol. The molecule has 0 aliphatic carbocycles. The van der Waals surface area contributed by atoms with Gasteiger partial charge in [0.15, 0.2) is 5.78 Å². The first-order chi connectivity index (χ1) is 15.5. The minimum Gasteiger partial charge on any atom is -0.495 e. The van der Waals surface area contributed by atoms with E-state index in [0.717, 1.165) is 0 Å². The lowest BCUT2D eigenvalue weighted by atomic mass is 10.0. The van der Waals surface area contributed by atoms with Crippen molar-refractivity contribution < 1.29 is 22.7 Å². The molecule has 0 bridgehead atoms. The van der Waals surface area contributed by atoms with E-state index in [-0.39, 0.29) is 22.0 Å². The molecule has 3 aromatic rings. The number of hydrogen-bond acceptors (Lipinski definition) is 5. The van der Waals surface area contributed by atoms with Crippen molar-refractivity contribution >= 4 is 27.4 Å². The second kappa shape index (κ2) is 9.56. The lowest BCUT2D eigenvalue weighted by Gasteiger charge is -2.21. The lowest BCUT2D eigenvalue weighted by Crippen LogP contribution is -2.40. The highest BCUT2D eigenvalue weighted by molar-refractivity contribution is 7.89. The number of rotatable bonds is 7. The van der Waals surface area contributed by atoms with Gasteiger partial charge >= 0.3 is 0 Å². The second-order valence-corrected chi connectivity index (χ2v) is 10.1. The van der Waals surface area contributed by atoms with Crippen LogP contribution in [0.1, 0.15) is 47.1 Å². The number of nitrogens with one attached hydrogen (secondary N) is 2. The Morgan fingerprint density at radius 3 is 2.12 bits per heavy atom. The van der Waals surface area contributed by atoms with Crippen LogP contribution in [0.25, 0.3) is 0 Å². The van der Waals surface area contributed by atoms with Gasteiger partial charge in [-0.25, -0.2) is 13.1 Å². The smallest absolute Gasteiger partial charge is 0.255 e. The zero-order valence-electron chi connectivity index (χ0n) is 18.9. The third-order valence-electron chi connectivity index (χ3n) is 4.57. The van der Waals surface area contributed by atoms with Gasteiger partial charge < -0.3 is 10.1 Å². The zero-order chi connectivity index (χ0) is 24.2. The Labute approximate surface area is 193 Å². The Morgan fingerprint density at radius 2 is 1.48 bits per heavy atom. The largest absolute Gasteiger partial charge is 0.495 e. The van der Waals surface area contributed by atoms with E-state index in [4.69, 9.17) is 4.74 Å². The molecule has 2 N–H and O–H groups in total. The van der Waals surface area contributed by atoms with Gasteiger partial charge in [0.2, 0.25) is 10.0 Å². The van der Waals surface area contributed by atoms with Gasteiger partial charge in [0, 0.05) is 27.9 Å². The van der Waals surface area contributed by atoms with E-state index in [1.165, 1.54) is 25.3 Å². The first-order valence-electron chi connectivity index (χ1n) is 10.2. The van der Waals surface area contributed by atoms with Gasteiger partial charge in [0.1, 0.15) is 10.6 Å². The summed E-state index contributed by atoms with van der Waals surface area (Å²) < 4.78 is 33.5. The normalized spacial score (nSPS) is 11.6. The number of hydrogen-bond donors (Lipinski definition) is 2. The summed E-state index contributed by atoms with van der Waals surface area (Å²) in [6.07, 6.45) is 0. The molecule has 0 saturated carbocycles. The molecule has 0 fully saturated rings. The summed E-state index contributed by atoms with van der Waals surface area (Å²) >= 11 is 0. The molecule has 3 rings (SSSR count). The Bertz CT molecular complexity index is 1280. The Morgan fingerprint density at radius 1 is 0.818 bits per heavy atom. The molecule has 0 spiro atoms. The summed E-state index contributed by atoms with van der Waals surface area (Å²) in [5, 5.41) is 2.72. The van der Waals surface area contributed by atoms with E-state index in [9.17, 15) is 18.0 Å². The van der Waals surface area contributed by atoms with Gasteiger partial charge in [-0.1, -0.05) is 42.5 Å². The maximum Gasteiger partial charge on any atom is 0.255 e. The summed E-state index contributed by atoms with van der Waals surface area (Å²) in [4.78, 5) is 25.4. The van der Waals surface area contributed by atoms with Crippen molar-refractivity contribution in [2.24, 2.45) is 0 Å². The van der Waals surface area contributed by atoms with Crippen LogP contribution in [-0.2, 0) is 10.0 Å². The van der Waals surface area contributed by atoms with Crippen molar-refractivity contribution in [1.82, 2.24) is 4.72 Å². The first-order valence-corrected chi connectivity index (χ1v) is 11.7. The van der Waals surface area contributed by atoms with E-state index in [1.807, 2.05) is 6.07 Å². The fourth-order valence-corrected chi connectivity index (χ4v) is 4.80. The number of sulfonamides is 1. The van der Waals surface area contributed by atoms with Crippen molar-refractivity contribution in [2.75, 3.05) is 12.4 Å². The van der Waals surface area contributed by atoms with E-state index in [0.29, 0.717) is 16.8 Å². The van der Waals surface area contributed by atoms with Crippen molar-refractivity contribution in [2.45, 2.75) is 31.2 Å². The number of ketones is 1. The van der Waals surface area contributed by atoms with E-state index < -0.39 is 21.5 Å². The molecule has 7 nitrogen and oxygen atoms in total. The van der Waals surface area contributed by atoms with Crippen molar-refractivity contribution in [3.05, 3.63) is 89.5 Å². The number of carbonyl (C=O) groups excluding carboxylic acids is 2. The van der Waals surface area contributed by atoms with Crippen molar-refractivity contribution in [3.63, 3.8) is 0 Å². The van der Waals surface area contributed by atoms with Gasteiger partial charge in [-0.05, 0) is 51.1 Å². The third kappa shape index (κ3) is 6.06. The molecule has 0 aliphatic rings. The number of benzene rings is 3. The lowest BCUT2D eigenvalue weighted by molar-refractivity contribution is 0.102. The average molecular weight is 467 g/mol. The molecule has 33 heavy (non-hydrogen) atoms. The fourth-order valence-electron chi connectivity index (χ4n) is 3.18. The maximum absolute atomic E-state index is 12.9. The van der Waals surface area contributed by atoms with E-state index in [2.05, 4.69) is 10.0 Å². The molecule has 0 radical (unpaired) electrons. The Balaban J connectivity index is 1.87. The molecular weight excluding hydrogens is 440 g/mol. The quantitative estimate of drug-likeness (QED) is 0.507. The molecule has 8 heteroatoms. The van der Waals surface area contributed by atoms with Gasteiger partial charge in [0.25, 0.3) is 5.91 Å². The molecule has 0 atom stereocenters. The van der Waals surface area contributed by atoms with Crippen LogP contribution >= 0.6 is 0 Å². The summed E-state index contributed by atoms with van der Waals surface area (Å²) in [6, 6.07) is 19.6. The molecule has 3 aromatic carbocycles. The first kappa shape index (κ1) is 24.2. The number of anilines is 1. The number of amides is 1. The molecule has 0 aliphatic heterocycles. The number of ether oxygens (including phenoxy) is 1. The van der Waals surface area contributed by atoms with Crippen LogP contribution in [0, 0.1) is 0 Å². The molecular formula is C25H26N2O5S. The summed E-state index contributed by atoms with van der Waals surface area (Å²) in [5.41, 5.74) is 0.789. The molecule has 172 valence electrons. The number of carbonyl (C=O) groups is 2. The summed E-state index contributed by atoms with van der Waals surface area (Å²) in [6.45, 7) is 5.16. The van der Waals surface area contributed by atoms with Gasteiger partial charge in [-0.15, -0.1) is 0 Å². The third-order valence-corrected chi connectivity index (χ3v) is 6.35. The van der Waals surface area contributed by atoms with E-state index >= 15 is 0 Å². The van der Waals surface area contributed by atoms with Crippen LogP contribution < -0.4 is 14.8 Å². The van der Waals surface area contributed by atoms with Crippen LogP contribution in [-0.4, -0.2) is 32.8 Å². The molecule has 0 unspecified atom stereocenters. The van der Waals surface area contributed by atoms with E-state index in [1.54, 1.807) is 69.3 Å². The topological polar surface area (TPSA) is 102 Å². The van der Waals surface area contributed by atoms with Gasteiger partial charge in [-0.3, -0.25) is 9.59 Å². The standard InChI is InChI=1S/C25H26N2O5S/c1-25(2,3)27-33(30,31)22-16-19(13-14-21(22)32-4)24(29)26-20-12-8-11-18(15-20)23(28)17-9-6-5-7-10-17/h5-16,27H,1-4H3,(H,26,29). The Kier molecular flexibility index (Phi) is 7.00. The number of methoxy groups -OCH3 is 1. The zero-order valence-corrected chi connectivity index (χ0v) is 19.7. The molecule has 0 saturated heterocycles. The highest BCUT2D eigenvalue weighted by atomic mass is 32.2. The molecule has 0 heterocycles. The van der Waals surface area contributed by atoms with Crippen LogP contribution in [0.15, 0.2) is 77.7 Å². The predicted octanol–water partition coefficient (Wildman–Crippen LogP) is 4.26. The fraction of sp³-hybridized carbons (Fsp3) is 0.200. The Hall–Kier alpha value is -3.49. The summed E-state index contributed by atoms with van der Waals surface area (Å²) in [5.74, 6) is -0.564.